The lowest BCUT2D eigenvalue weighted by atomic mass is 10.1. The molecule has 0 aliphatic carbocycles. The van der Waals surface area contributed by atoms with Gasteiger partial charge in [-0.05, 0) is 63.9 Å². The molecule has 1 atom stereocenters. The van der Waals surface area contributed by atoms with Crippen LogP contribution in [0.5, 0.6) is 0 Å². The molecule has 146 valence electrons. The fourth-order valence-electron chi connectivity index (χ4n) is 3.36. The second kappa shape index (κ2) is 10.5. The zero-order valence-electron chi connectivity index (χ0n) is 15.8. The number of anilines is 1. The number of likely N-dealkylation sites (tertiary alicyclic amines) is 1. The predicted molar refractivity (Wildman–Crippen MR) is 106 cm³/mol. The maximum Gasteiger partial charge on any atom is 0.317 e. The van der Waals surface area contributed by atoms with Gasteiger partial charge in [0.1, 0.15) is 0 Å². The Morgan fingerprint density at radius 2 is 2.00 bits per heavy atom. The summed E-state index contributed by atoms with van der Waals surface area (Å²) < 4.78 is 0. The maximum atomic E-state index is 12.4. The monoisotopic (exact) mass is 383 g/mol. The van der Waals surface area contributed by atoms with Gasteiger partial charge < -0.3 is 10.4 Å². The third-order valence-corrected chi connectivity index (χ3v) is 5.04. The minimum atomic E-state index is -0.795. The second-order valence-electron chi connectivity index (χ2n) is 6.97. The minimum Gasteiger partial charge on any atom is -0.480 e. The van der Waals surface area contributed by atoms with Crippen LogP contribution in [0.2, 0.25) is 0 Å². The van der Waals surface area contributed by atoms with E-state index >= 15 is 0 Å². The largest absolute Gasteiger partial charge is 0.480 e. The summed E-state index contributed by atoms with van der Waals surface area (Å²) in [7, 11) is 1.86. The summed E-state index contributed by atoms with van der Waals surface area (Å²) in [6, 6.07) is 6.18. The Balaban J connectivity index is 0.00000338. The Hall–Kier alpha value is -1.63. The van der Waals surface area contributed by atoms with Crippen molar-refractivity contribution in [1.82, 2.24) is 9.80 Å². The van der Waals surface area contributed by atoms with Crippen LogP contribution in [0.25, 0.3) is 0 Å². The molecule has 1 saturated heterocycles. The SMILES string of the molecule is Cc1cccc(NC(=O)CN2CCCC(N(C)CC(=O)O)CC2)c1C.Cl. The van der Waals surface area contributed by atoms with Crippen LogP contribution in [0.1, 0.15) is 30.4 Å². The standard InChI is InChI=1S/C19H29N3O3.ClH/c1-14-6-4-8-17(15(14)2)20-18(23)12-22-10-5-7-16(9-11-22)21(3)13-19(24)25;/h4,6,8,16H,5,7,9-13H2,1-3H3,(H,20,23)(H,24,25);1H. The molecule has 1 amide bonds. The molecule has 0 radical (unpaired) electrons. The molecular formula is C19H30ClN3O3. The fraction of sp³-hybridized carbons (Fsp3) is 0.579. The summed E-state index contributed by atoms with van der Waals surface area (Å²) in [5.74, 6) is -0.789. The number of carboxylic acids is 1. The van der Waals surface area contributed by atoms with Crippen LogP contribution in [0.15, 0.2) is 18.2 Å². The number of rotatable bonds is 6. The lowest BCUT2D eigenvalue weighted by Crippen LogP contribution is -2.37. The quantitative estimate of drug-likeness (QED) is 0.789. The van der Waals surface area contributed by atoms with E-state index in [0.717, 1.165) is 49.2 Å². The number of benzene rings is 1. The van der Waals surface area contributed by atoms with Crippen molar-refractivity contribution >= 4 is 30.0 Å². The van der Waals surface area contributed by atoms with E-state index in [9.17, 15) is 9.59 Å². The van der Waals surface area contributed by atoms with Gasteiger partial charge in [-0.25, -0.2) is 0 Å². The number of hydrogen-bond donors (Lipinski definition) is 2. The predicted octanol–water partition coefficient (Wildman–Crippen LogP) is 2.53. The van der Waals surface area contributed by atoms with Crippen molar-refractivity contribution in [1.29, 1.82) is 0 Å². The summed E-state index contributed by atoms with van der Waals surface area (Å²) in [6.07, 6.45) is 2.84. The van der Waals surface area contributed by atoms with E-state index in [1.54, 1.807) is 0 Å². The molecule has 1 aliphatic rings. The molecule has 6 nitrogen and oxygen atoms in total. The van der Waals surface area contributed by atoms with E-state index in [0.29, 0.717) is 6.54 Å². The van der Waals surface area contributed by atoms with Crippen LogP contribution in [0.3, 0.4) is 0 Å². The second-order valence-corrected chi connectivity index (χ2v) is 6.97. The first kappa shape index (κ1) is 22.4. The summed E-state index contributed by atoms with van der Waals surface area (Å²) in [5.41, 5.74) is 3.14. The molecule has 7 heteroatoms. The minimum absolute atomic E-state index is 0. The lowest BCUT2D eigenvalue weighted by molar-refractivity contribution is -0.138. The van der Waals surface area contributed by atoms with Crippen molar-refractivity contribution in [3.63, 3.8) is 0 Å². The van der Waals surface area contributed by atoms with Gasteiger partial charge in [0.05, 0.1) is 13.1 Å². The molecular weight excluding hydrogens is 354 g/mol. The molecule has 2 rings (SSSR count). The highest BCUT2D eigenvalue weighted by molar-refractivity contribution is 5.93. The maximum absolute atomic E-state index is 12.4. The van der Waals surface area contributed by atoms with Crippen LogP contribution in [-0.4, -0.2) is 66.1 Å². The number of aryl methyl sites for hydroxylation is 1. The smallest absolute Gasteiger partial charge is 0.317 e. The molecule has 2 N–H and O–H groups in total. The topological polar surface area (TPSA) is 72.9 Å². The van der Waals surface area contributed by atoms with E-state index in [2.05, 4.69) is 10.2 Å². The third kappa shape index (κ3) is 6.59. The van der Waals surface area contributed by atoms with Crippen LogP contribution in [0, 0.1) is 13.8 Å². The number of nitrogens with zero attached hydrogens (tertiary/aromatic N) is 2. The van der Waals surface area contributed by atoms with Crippen LogP contribution in [0.4, 0.5) is 5.69 Å². The number of carbonyl (C=O) groups is 2. The van der Waals surface area contributed by atoms with Crippen molar-refractivity contribution in [2.75, 3.05) is 38.5 Å². The number of amides is 1. The molecule has 1 heterocycles. The Labute approximate surface area is 162 Å². The zero-order valence-corrected chi connectivity index (χ0v) is 16.6. The molecule has 1 aromatic carbocycles. The molecule has 0 spiro atoms. The van der Waals surface area contributed by atoms with Crippen LogP contribution >= 0.6 is 12.4 Å². The number of aliphatic carboxylic acids is 1. The fourth-order valence-corrected chi connectivity index (χ4v) is 3.36. The summed E-state index contributed by atoms with van der Waals surface area (Å²) in [4.78, 5) is 27.3. The first-order valence-electron chi connectivity index (χ1n) is 8.87. The lowest BCUT2D eigenvalue weighted by Gasteiger charge is -2.25. The van der Waals surface area contributed by atoms with Gasteiger partial charge in [0.15, 0.2) is 0 Å². The molecule has 0 bridgehead atoms. The van der Waals surface area contributed by atoms with E-state index in [-0.39, 0.29) is 30.9 Å². The van der Waals surface area contributed by atoms with Gasteiger partial charge in [0, 0.05) is 18.3 Å². The van der Waals surface area contributed by atoms with Gasteiger partial charge in [-0.15, -0.1) is 12.4 Å². The number of halogens is 1. The first-order chi connectivity index (χ1) is 11.9. The van der Waals surface area contributed by atoms with Gasteiger partial charge in [0.25, 0.3) is 0 Å². The molecule has 1 aliphatic heterocycles. The van der Waals surface area contributed by atoms with Gasteiger partial charge in [0.2, 0.25) is 5.91 Å². The number of carboxylic acid groups (broad SMARTS) is 1. The van der Waals surface area contributed by atoms with Crippen LogP contribution < -0.4 is 5.32 Å². The molecule has 26 heavy (non-hydrogen) atoms. The molecule has 1 fully saturated rings. The molecule has 0 aromatic heterocycles. The number of hydrogen-bond acceptors (Lipinski definition) is 4. The van der Waals surface area contributed by atoms with E-state index in [1.807, 2.05) is 44.0 Å². The van der Waals surface area contributed by atoms with E-state index < -0.39 is 5.97 Å². The average molecular weight is 384 g/mol. The Bertz CT molecular complexity index is 624. The number of likely N-dealkylation sites (N-methyl/N-ethyl adjacent to an activating group) is 1. The highest BCUT2D eigenvalue weighted by atomic mass is 35.5. The van der Waals surface area contributed by atoms with Crippen LogP contribution in [-0.2, 0) is 9.59 Å². The zero-order chi connectivity index (χ0) is 18.4. The molecule has 1 aromatic rings. The van der Waals surface area contributed by atoms with Gasteiger partial charge >= 0.3 is 5.97 Å². The first-order valence-corrected chi connectivity index (χ1v) is 8.87. The van der Waals surface area contributed by atoms with E-state index in [4.69, 9.17) is 5.11 Å². The molecule has 0 saturated carbocycles. The van der Waals surface area contributed by atoms with Crippen molar-refractivity contribution < 1.29 is 14.7 Å². The Kier molecular flexibility index (Phi) is 9.05. The normalized spacial score (nSPS) is 18.1. The number of nitrogens with one attached hydrogen (secondary N) is 1. The average Bonchev–Trinajstić information content (AvgIpc) is 2.77. The van der Waals surface area contributed by atoms with Crippen molar-refractivity contribution in [3.05, 3.63) is 29.3 Å². The van der Waals surface area contributed by atoms with Crippen molar-refractivity contribution in [2.24, 2.45) is 0 Å². The number of carbonyl (C=O) groups excluding carboxylic acids is 1. The van der Waals surface area contributed by atoms with Gasteiger partial charge in [-0.3, -0.25) is 19.4 Å². The summed E-state index contributed by atoms with van der Waals surface area (Å²) in [6.45, 7) is 6.18. The van der Waals surface area contributed by atoms with Gasteiger partial charge in [-0.1, -0.05) is 12.1 Å². The van der Waals surface area contributed by atoms with E-state index in [1.165, 1.54) is 0 Å². The van der Waals surface area contributed by atoms with Gasteiger partial charge in [-0.2, -0.15) is 0 Å². The summed E-state index contributed by atoms with van der Waals surface area (Å²) >= 11 is 0. The van der Waals surface area contributed by atoms with Crippen molar-refractivity contribution in [2.45, 2.75) is 39.2 Å². The highest BCUT2D eigenvalue weighted by Crippen LogP contribution is 2.19. The Morgan fingerprint density at radius 3 is 2.69 bits per heavy atom. The molecule has 1 unspecified atom stereocenters. The summed E-state index contributed by atoms with van der Waals surface area (Å²) in [5, 5.41) is 11.9. The van der Waals surface area contributed by atoms with Crippen molar-refractivity contribution in [3.8, 4) is 0 Å². The third-order valence-electron chi connectivity index (χ3n) is 5.04. The Morgan fingerprint density at radius 1 is 1.27 bits per heavy atom. The highest BCUT2D eigenvalue weighted by Gasteiger charge is 2.22.